The fraction of sp³-hybridized carbons (Fsp3) is 0.600. The third-order valence-electron chi connectivity index (χ3n) is 7.29. The molecule has 0 bridgehead atoms. The molecule has 3 aliphatic rings. The van der Waals surface area contributed by atoms with Crippen LogP contribution in [0.25, 0.3) is 10.9 Å². The number of rotatable bonds is 7. The van der Waals surface area contributed by atoms with Crippen LogP contribution in [0, 0.1) is 11.8 Å². The van der Waals surface area contributed by atoms with Crippen LogP contribution in [0.3, 0.4) is 0 Å². The number of ether oxygens (including phenoxy) is 1. The molecule has 2 aliphatic heterocycles. The number of carbonyl (C=O) groups is 2. The van der Waals surface area contributed by atoms with Crippen LogP contribution < -0.4 is 5.32 Å². The lowest BCUT2D eigenvalue weighted by molar-refractivity contribution is -0.149. The molecule has 1 N–H and O–H groups in total. The number of nitrogens with zero attached hydrogens (tertiary/aromatic N) is 3. The van der Waals surface area contributed by atoms with Gasteiger partial charge in [-0.1, -0.05) is 18.2 Å². The molecule has 0 spiro atoms. The second-order valence-electron chi connectivity index (χ2n) is 9.78. The first-order valence-corrected chi connectivity index (χ1v) is 12.0. The molecule has 32 heavy (non-hydrogen) atoms. The molecule has 1 saturated carbocycles. The molecule has 7 heteroatoms. The average molecular weight is 439 g/mol. The van der Waals surface area contributed by atoms with Gasteiger partial charge in [-0.15, -0.1) is 0 Å². The Morgan fingerprint density at radius 3 is 2.59 bits per heavy atom. The number of carbonyl (C=O) groups excluding carboxylic acids is 2. The molecule has 2 aromatic rings. The summed E-state index contributed by atoms with van der Waals surface area (Å²) in [7, 11) is 1.91. The molecule has 3 heterocycles. The third kappa shape index (κ3) is 4.84. The fourth-order valence-electron chi connectivity index (χ4n) is 5.11. The minimum absolute atomic E-state index is 0.0710. The quantitative estimate of drug-likeness (QED) is 0.720. The Hall–Kier alpha value is -2.38. The van der Waals surface area contributed by atoms with Crippen molar-refractivity contribution in [3.8, 4) is 0 Å². The van der Waals surface area contributed by atoms with Gasteiger partial charge in [0.2, 0.25) is 5.91 Å². The Kier molecular flexibility index (Phi) is 6.20. The molecule has 3 fully saturated rings. The standard InChI is InChI=1S/C25H34N4O3/c1-27-22-5-3-2-4-20(22)12-23(27)25(31)26-13-21-16-29(24(30)17-32-21)15-19-8-10-28(11-9-19)14-18-6-7-18/h2-5,12,18-19,21H,6-11,13-17H2,1H3,(H,26,31). The molecule has 1 aromatic carbocycles. The molecule has 1 unspecified atom stereocenters. The highest BCUT2D eigenvalue weighted by Crippen LogP contribution is 2.31. The van der Waals surface area contributed by atoms with Crippen molar-refractivity contribution in [3.63, 3.8) is 0 Å². The van der Waals surface area contributed by atoms with Gasteiger partial charge in [0.05, 0.1) is 6.10 Å². The number of nitrogens with one attached hydrogen (secondary N) is 1. The van der Waals surface area contributed by atoms with Gasteiger partial charge in [0.25, 0.3) is 5.91 Å². The fourth-order valence-corrected chi connectivity index (χ4v) is 5.11. The molecule has 2 amide bonds. The Balaban J connectivity index is 1.11. The van der Waals surface area contributed by atoms with Gasteiger partial charge in [-0.05, 0) is 62.7 Å². The number of aryl methyl sites for hydroxylation is 1. The molecule has 1 atom stereocenters. The highest BCUT2D eigenvalue weighted by atomic mass is 16.5. The van der Waals surface area contributed by atoms with Crippen molar-refractivity contribution in [3.05, 3.63) is 36.0 Å². The second-order valence-corrected chi connectivity index (χ2v) is 9.78. The van der Waals surface area contributed by atoms with Crippen LogP contribution in [0.1, 0.15) is 36.2 Å². The highest BCUT2D eigenvalue weighted by Gasteiger charge is 2.31. The van der Waals surface area contributed by atoms with Crippen LogP contribution in [-0.4, -0.2) is 78.2 Å². The van der Waals surface area contributed by atoms with Crippen LogP contribution in [0.4, 0.5) is 0 Å². The summed E-state index contributed by atoms with van der Waals surface area (Å²) in [5.74, 6) is 1.47. The van der Waals surface area contributed by atoms with Crippen molar-refractivity contribution < 1.29 is 14.3 Å². The topological polar surface area (TPSA) is 66.8 Å². The van der Waals surface area contributed by atoms with Gasteiger partial charge in [0.1, 0.15) is 12.3 Å². The van der Waals surface area contributed by atoms with E-state index in [1.807, 2.05) is 46.8 Å². The van der Waals surface area contributed by atoms with E-state index in [-0.39, 0.29) is 24.5 Å². The predicted octanol–water partition coefficient (Wildman–Crippen LogP) is 2.26. The van der Waals surface area contributed by atoms with E-state index in [4.69, 9.17) is 4.74 Å². The molecule has 2 saturated heterocycles. The summed E-state index contributed by atoms with van der Waals surface area (Å²) in [6.45, 7) is 5.46. The van der Waals surface area contributed by atoms with Gasteiger partial charge in [-0.2, -0.15) is 0 Å². The number of aromatic nitrogens is 1. The van der Waals surface area contributed by atoms with E-state index in [1.165, 1.54) is 32.2 Å². The van der Waals surface area contributed by atoms with E-state index in [0.717, 1.165) is 36.5 Å². The minimum atomic E-state index is -0.165. The minimum Gasteiger partial charge on any atom is -0.365 e. The highest BCUT2D eigenvalue weighted by molar-refractivity contribution is 5.98. The Morgan fingerprint density at radius 1 is 1.09 bits per heavy atom. The van der Waals surface area contributed by atoms with Gasteiger partial charge in [0.15, 0.2) is 0 Å². The molecule has 0 radical (unpaired) electrons. The normalized spacial score (nSPS) is 23.1. The average Bonchev–Trinajstić information content (AvgIpc) is 3.56. The third-order valence-corrected chi connectivity index (χ3v) is 7.29. The van der Waals surface area contributed by atoms with Crippen molar-refractivity contribution >= 4 is 22.7 Å². The summed E-state index contributed by atoms with van der Waals surface area (Å²) >= 11 is 0. The molecule has 7 nitrogen and oxygen atoms in total. The molecular weight excluding hydrogens is 404 g/mol. The first-order chi connectivity index (χ1) is 15.6. The summed E-state index contributed by atoms with van der Waals surface area (Å²) in [5.41, 5.74) is 1.67. The second kappa shape index (κ2) is 9.24. The molecule has 5 rings (SSSR count). The lowest BCUT2D eigenvalue weighted by atomic mass is 9.95. The van der Waals surface area contributed by atoms with Crippen molar-refractivity contribution in [1.29, 1.82) is 0 Å². The van der Waals surface area contributed by atoms with E-state index in [9.17, 15) is 9.59 Å². The van der Waals surface area contributed by atoms with Crippen LogP contribution in [0.5, 0.6) is 0 Å². The summed E-state index contributed by atoms with van der Waals surface area (Å²) in [4.78, 5) is 29.8. The Labute approximate surface area is 189 Å². The molecule has 1 aliphatic carbocycles. The maximum absolute atomic E-state index is 12.8. The smallest absolute Gasteiger partial charge is 0.268 e. The van der Waals surface area contributed by atoms with Crippen LogP contribution in [0.15, 0.2) is 30.3 Å². The summed E-state index contributed by atoms with van der Waals surface area (Å²) in [5, 5.41) is 4.06. The number of piperidine rings is 1. The molecular formula is C25H34N4O3. The number of amides is 2. The molecule has 1 aromatic heterocycles. The maximum atomic E-state index is 12.8. The number of fused-ring (bicyclic) bond motifs is 1. The van der Waals surface area contributed by atoms with Gasteiger partial charge >= 0.3 is 0 Å². The van der Waals surface area contributed by atoms with Gasteiger partial charge in [-0.3, -0.25) is 9.59 Å². The van der Waals surface area contributed by atoms with Crippen molar-refractivity contribution in [2.24, 2.45) is 18.9 Å². The zero-order valence-corrected chi connectivity index (χ0v) is 19.0. The van der Waals surface area contributed by atoms with E-state index in [0.29, 0.717) is 24.7 Å². The van der Waals surface area contributed by atoms with E-state index < -0.39 is 0 Å². The number of morpholine rings is 1. The number of likely N-dealkylation sites (tertiary alicyclic amines) is 1. The van der Waals surface area contributed by atoms with Gasteiger partial charge in [-0.25, -0.2) is 0 Å². The van der Waals surface area contributed by atoms with Crippen LogP contribution >= 0.6 is 0 Å². The zero-order chi connectivity index (χ0) is 22.1. The first-order valence-electron chi connectivity index (χ1n) is 12.0. The maximum Gasteiger partial charge on any atom is 0.268 e. The lowest BCUT2D eigenvalue weighted by Gasteiger charge is -2.38. The largest absolute Gasteiger partial charge is 0.365 e. The number of para-hydroxylation sites is 1. The van der Waals surface area contributed by atoms with Crippen molar-refractivity contribution in [1.82, 2.24) is 19.7 Å². The summed E-state index contributed by atoms with van der Waals surface area (Å²) in [6, 6.07) is 9.88. The van der Waals surface area contributed by atoms with E-state index in [2.05, 4.69) is 10.2 Å². The lowest BCUT2D eigenvalue weighted by Crippen LogP contribution is -2.52. The number of hydrogen-bond donors (Lipinski definition) is 1. The predicted molar refractivity (Wildman–Crippen MR) is 123 cm³/mol. The van der Waals surface area contributed by atoms with Crippen LogP contribution in [0.2, 0.25) is 0 Å². The van der Waals surface area contributed by atoms with Crippen LogP contribution in [-0.2, 0) is 16.6 Å². The zero-order valence-electron chi connectivity index (χ0n) is 19.0. The Bertz CT molecular complexity index is 975. The van der Waals surface area contributed by atoms with E-state index >= 15 is 0 Å². The summed E-state index contributed by atoms with van der Waals surface area (Å²) in [6.07, 6.45) is 4.97. The summed E-state index contributed by atoms with van der Waals surface area (Å²) < 4.78 is 7.65. The SMILES string of the molecule is Cn1c(C(=O)NCC2CN(CC3CCN(CC4CC4)CC3)C(=O)CO2)cc2ccccc21. The van der Waals surface area contributed by atoms with E-state index in [1.54, 1.807) is 0 Å². The van der Waals surface area contributed by atoms with Crippen molar-refractivity contribution in [2.75, 3.05) is 45.9 Å². The monoisotopic (exact) mass is 438 g/mol. The van der Waals surface area contributed by atoms with Crippen molar-refractivity contribution in [2.45, 2.75) is 31.8 Å². The number of benzene rings is 1. The Morgan fingerprint density at radius 2 is 1.84 bits per heavy atom. The number of hydrogen-bond acceptors (Lipinski definition) is 4. The van der Waals surface area contributed by atoms with Gasteiger partial charge < -0.3 is 24.4 Å². The van der Waals surface area contributed by atoms with Gasteiger partial charge in [0, 0.05) is 44.1 Å². The molecule has 172 valence electrons. The first kappa shape index (κ1) is 21.5.